The van der Waals surface area contributed by atoms with Gasteiger partial charge in [0.15, 0.2) is 10.8 Å². The van der Waals surface area contributed by atoms with Crippen LogP contribution in [0, 0.1) is 17.7 Å². The molecule has 2 heterocycles. The summed E-state index contributed by atoms with van der Waals surface area (Å²) in [7, 11) is 1.38. The standard InChI is InChI=1S/C22H21BrFN3O4S/c1-31-22(30)12-4-2-11(3-5-12)17-16(21(28)29)18(14-7-6-13(24)10-15(14)23)27-19(26-17)20-25-8-9-32-20/h6-12,18H,2-5H2,1H3,(H,26,27)(H,28,29). The van der Waals surface area contributed by atoms with Crippen molar-refractivity contribution >= 4 is 45.0 Å². The van der Waals surface area contributed by atoms with Gasteiger partial charge in [-0.2, -0.15) is 0 Å². The molecule has 2 aromatic rings. The molecule has 1 aliphatic heterocycles. The summed E-state index contributed by atoms with van der Waals surface area (Å²) in [6.07, 6.45) is 4.17. The number of hydrogen-bond acceptors (Lipinski definition) is 7. The number of halogens is 2. The van der Waals surface area contributed by atoms with Gasteiger partial charge in [0.05, 0.1) is 18.6 Å². The van der Waals surface area contributed by atoms with E-state index in [9.17, 15) is 19.1 Å². The van der Waals surface area contributed by atoms with Crippen molar-refractivity contribution in [3.05, 3.63) is 61.9 Å². The maximum absolute atomic E-state index is 13.7. The predicted molar refractivity (Wildman–Crippen MR) is 121 cm³/mol. The van der Waals surface area contributed by atoms with Crippen LogP contribution < -0.4 is 5.32 Å². The molecule has 1 aromatic heterocycles. The highest BCUT2D eigenvalue weighted by atomic mass is 79.9. The van der Waals surface area contributed by atoms with E-state index in [2.05, 4.69) is 31.2 Å². The first-order chi connectivity index (χ1) is 15.4. The summed E-state index contributed by atoms with van der Waals surface area (Å²) in [5, 5.41) is 15.9. The zero-order chi connectivity index (χ0) is 22.8. The minimum atomic E-state index is -1.09. The van der Waals surface area contributed by atoms with Crippen LogP contribution in [0.1, 0.15) is 42.3 Å². The molecule has 168 valence electrons. The summed E-state index contributed by atoms with van der Waals surface area (Å²) in [6.45, 7) is 0. The van der Waals surface area contributed by atoms with Gasteiger partial charge >= 0.3 is 11.9 Å². The second-order valence-corrected chi connectivity index (χ2v) is 9.46. The van der Waals surface area contributed by atoms with Crippen LogP contribution in [-0.4, -0.2) is 35.0 Å². The second kappa shape index (κ2) is 9.50. The number of carbonyl (C=O) groups excluding carboxylic acids is 1. The van der Waals surface area contributed by atoms with E-state index in [0.717, 1.165) is 0 Å². The molecule has 1 unspecified atom stereocenters. The number of nitrogens with zero attached hydrogens (tertiary/aromatic N) is 2. The summed E-state index contributed by atoms with van der Waals surface area (Å²) in [6, 6.07) is 3.31. The van der Waals surface area contributed by atoms with Gasteiger partial charge in [0.1, 0.15) is 11.9 Å². The predicted octanol–water partition coefficient (Wildman–Crippen LogP) is 4.45. The van der Waals surface area contributed by atoms with Gasteiger partial charge in [0, 0.05) is 21.7 Å². The molecule has 2 aliphatic rings. The highest BCUT2D eigenvalue weighted by Crippen LogP contribution is 2.41. The maximum atomic E-state index is 13.7. The number of hydrogen-bond donors (Lipinski definition) is 2. The van der Waals surface area contributed by atoms with E-state index in [-0.39, 0.29) is 23.4 Å². The van der Waals surface area contributed by atoms with Gasteiger partial charge in [0.25, 0.3) is 0 Å². The molecule has 0 bridgehead atoms. The number of amidine groups is 1. The summed E-state index contributed by atoms with van der Waals surface area (Å²) < 4.78 is 19.0. The number of allylic oxidation sites excluding steroid dienone is 1. The lowest BCUT2D eigenvalue weighted by Crippen LogP contribution is -2.38. The molecule has 2 N–H and O–H groups in total. The molecule has 1 saturated carbocycles. The summed E-state index contributed by atoms with van der Waals surface area (Å²) in [4.78, 5) is 33.4. The molecule has 0 spiro atoms. The number of methoxy groups -OCH3 is 1. The van der Waals surface area contributed by atoms with Gasteiger partial charge in [-0.1, -0.05) is 22.0 Å². The number of carboxylic acids is 1. The van der Waals surface area contributed by atoms with Crippen LogP contribution in [0.3, 0.4) is 0 Å². The number of aliphatic imine (C=N–C) groups is 1. The van der Waals surface area contributed by atoms with Crippen LogP contribution in [0.15, 0.2) is 50.5 Å². The average molecular weight is 522 g/mol. The molecule has 0 saturated heterocycles. The smallest absolute Gasteiger partial charge is 0.335 e. The van der Waals surface area contributed by atoms with Crippen LogP contribution in [-0.2, 0) is 14.3 Å². The van der Waals surface area contributed by atoms with Crippen molar-refractivity contribution in [1.82, 2.24) is 10.3 Å². The Bertz CT molecular complexity index is 1090. The van der Waals surface area contributed by atoms with Crippen molar-refractivity contribution in [2.75, 3.05) is 7.11 Å². The number of carbonyl (C=O) groups is 2. The summed E-state index contributed by atoms with van der Waals surface area (Å²) in [5.41, 5.74) is 1.25. The van der Waals surface area contributed by atoms with Crippen molar-refractivity contribution in [3.8, 4) is 0 Å². The number of aliphatic carboxylic acids is 1. The van der Waals surface area contributed by atoms with Gasteiger partial charge < -0.3 is 15.2 Å². The fraction of sp³-hybridized carbons (Fsp3) is 0.364. The quantitative estimate of drug-likeness (QED) is 0.563. The lowest BCUT2D eigenvalue weighted by atomic mass is 9.78. The van der Waals surface area contributed by atoms with Crippen LogP contribution in [0.5, 0.6) is 0 Å². The topological polar surface area (TPSA) is 101 Å². The van der Waals surface area contributed by atoms with E-state index in [1.807, 2.05) is 5.38 Å². The van der Waals surface area contributed by atoms with Crippen LogP contribution in [0.4, 0.5) is 4.39 Å². The molecule has 1 aliphatic carbocycles. The van der Waals surface area contributed by atoms with Crippen LogP contribution >= 0.6 is 27.3 Å². The normalized spacial score (nSPS) is 23.3. The molecular weight excluding hydrogens is 501 g/mol. The molecule has 0 radical (unpaired) electrons. The van der Waals surface area contributed by atoms with Gasteiger partial charge in [-0.15, -0.1) is 11.3 Å². The Morgan fingerprint density at radius 1 is 1.28 bits per heavy atom. The van der Waals surface area contributed by atoms with Crippen molar-refractivity contribution in [1.29, 1.82) is 0 Å². The van der Waals surface area contributed by atoms with Gasteiger partial charge in [-0.3, -0.25) is 9.79 Å². The highest BCUT2D eigenvalue weighted by molar-refractivity contribution is 9.10. The summed E-state index contributed by atoms with van der Waals surface area (Å²) in [5.74, 6) is -1.54. The molecule has 32 heavy (non-hydrogen) atoms. The Labute approximate surface area is 196 Å². The first kappa shape index (κ1) is 22.6. The van der Waals surface area contributed by atoms with E-state index in [0.29, 0.717) is 52.3 Å². The zero-order valence-corrected chi connectivity index (χ0v) is 19.6. The number of thiazole rings is 1. The Morgan fingerprint density at radius 3 is 2.62 bits per heavy atom. The molecule has 1 aromatic carbocycles. The van der Waals surface area contributed by atoms with E-state index in [1.54, 1.807) is 12.3 Å². The Hall–Kier alpha value is -2.59. The van der Waals surface area contributed by atoms with E-state index < -0.39 is 17.8 Å². The number of benzene rings is 1. The Kier molecular flexibility index (Phi) is 6.71. The third kappa shape index (κ3) is 4.47. The van der Waals surface area contributed by atoms with Crippen molar-refractivity contribution < 1.29 is 23.8 Å². The SMILES string of the molecule is COC(=O)C1CCC(C2=C(C(=O)O)C(c3ccc(F)cc3Br)N=C(c3nccs3)N2)CC1. The first-order valence-corrected chi connectivity index (χ1v) is 11.8. The number of rotatable bonds is 5. The Balaban J connectivity index is 1.77. The van der Waals surface area contributed by atoms with Gasteiger partial charge in [-0.25, -0.2) is 14.2 Å². The second-order valence-electron chi connectivity index (χ2n) is 7.71. The molecule has 10 heteroatoms. The third-order valence-electron chi connectivity index (χ3n) is 5.87. The molecule has 7 nitrogen and oxygen atoms in total. The number of carboxylic acid groups (broad SMARTS) is 1. The fourth-order valence-corrected chi connectivity index (χ4v) is 5.46. The highest BCUT2D eigenvalue weighted by Gasteiger charge is 2.38. The van der Waals surface area contributed by atoms with Gasteiger partial charge in [-0.05, 0) is 49.3 Å². The molecule has 1 fully saturated rings. The lowest BCUT2D eigenvalue weighted by molar-refractivity contribution is -0.146. The number of nitrogens with one attached hydrogen (secondary N) is 1. The average Bonchev–Trinajstić information content (AvgIpc) is 3.33. The zero-order valence-electron chi connectivity index (χ0n) is 17.2. The van der Waals surface area contributed by atoms with Crippen LogP contribution in [0.25, 0.3) is 0 Å². The minimum absolute atomic E-state index is 0.0887. The third-order valence-corrected chi connectivity index (χ3v) is 7.33. The lowest BCUT2D eigenvalue weighted by Gasteiger charge is -2.34. The van der Waals surface area contributed by atoms with Gasteiger partial charge in [0.2, 0.25) is 0 Å². The number of aromatic nitrogens is 1. The fourth-order valence-electron chi connectivity index (χ4n) is 4.30. The summed E-state index contributed by atoms with van der Waals surface area (Å²) >= 11 is 4.76. The maximum Gasteiger partial charge on any atom is 0.335 e. The van der Waals surface area contributed by atoms with E-state index in [4.69, 9.17) is 4.74 Å². The number of ether oxygens (including phenoxy) is 1. The van der Waals surface area contributed by atoms with Crippen molar-refractivity contribution in [2.45, 2.75) is 31.7 Å². The van der Waals surface area contributed by atoms with E-state index in [1.165, 1.54) is 30.6 Å². The largest absolute Gasteiger partial charge is 0.478 e. The molecular formula is C22H21BrFN3O4S. The minimum Gasteiger partial charge on any atom is -0.478 e. The van der Waals surface area contributed by atoms with E-state index >= 15 is 0 Å². The van der Waals surface area contributed by atoms with Crippen molar-refractivity contribution in [3.63, 3.8) is 0 Å². The molecule has 0 amide bonds. The monoisotopic (exact) mass is 521 g/mol. The Morgan fingerprint density at radius 2 is 2.03 bits per heavy atom. The molecule has 1 atom stereocenters. The first-order valence-electron chi connectivity index (χ1n) is 10.1. The van der Waals surface area contributed by atoms with Crippen LogP contribution in [0.2, 0.25) is 0 Å². The number of esters is 1. The van der Waals surface area contributed by atoms with Crippen molar-refractivity contribution in [2.24, 2.45) is 16.8 Å². The molecule has 4 rings (SSSR count).